The van der Waals surface area contributed by atoms with Crippen molar-refractivity contribution in [2.75, 3.05) is 13.1 Å². The van der Waals surface area contributed by atoms with Crippen LogP contribution in [0.1, 0.15) is 30.4 Å². The molecule has 0 aliphatic carbocycles. The van der Waals surface area contributed by atoms with E-state index < -0.39 is 11.7 Å². The second-order valence-corrected chi connectivity index (χ2v) is 5.28. The monoisotopic (exact) mass is 300 g/mol. The van der Waals surface area contributed by atoms with Crippen LogP contribution in [0.3, 0.4) is 0 Å². The van der Waals surface area contributed by atoms with Crippen molar-refractivity contribution in [3.63, 3.8) is 0 Å². The second kappa shape index (κ2) is 6.93. The average Bonchev–Trinajstić information content (AvgIpc) is 2.46. The molecule has 0 aromatic heterocycles. The highest BCUT2D eigenvalue weighted by atomic mass is 19.4. The molecule has 1 aliphatic rings. The van der Waals surface area contributed by atoms with E-state index >= 15 is 0 Å². The molecule has 1 aliphatic heterocycles. The molecule has 0 radical (unpaired) electrons. The van der Waals surface area contributed by atoms with Crippen molar-refractivity contribution in [2.45, 2.75) is 37.9 Å². The molecule has 1 saturated heterocycles. The summed E-state index contributed by atoms with van der Waals surface area (Å²) in [4.78, 5) is 11.8. The summed E-state index contributed by atoms with van der Waals surface area (Å²) in [6.45, 7) is 1.39. The van der Waals surface area contributed by atoms with Gasteiger partial charge in [0, 0.05) is 12.6 Å². The Morgan fingerprint density at radius 3 is 2.71 bits per heavy atom. The van der Waals surface area contributed by atoms with Crippen LogP contribution in [0.4, 0.5) is 13.2 Å². The zero-order chi connectivity index (χ0) is 15.3. The number of alkyl halides is 3. The lowest BCUT2D eigenvalue weighted by Gasteiger charge is -2.23. The molecule has 21 heavy (non-hydrogen) atoms. The van der Waals surface area contributed by atoms with Crippen LogP contribution in [-0.2, 0) is 17.4 Å². The molecule has 1 atom stereocenters. The van der Waals surface area contributed by atoms with Gasteiger partial charge < -0.3 is 10.6 Å². The number of rotatable bonds is 4. The van der Waals surface area contributed by atoms with E-state index in [0.29, 0.717) is 6.54 Å². The van der Waals surface area contributed by atoms with Gasteiger partial charge in [-0.05, 0) is 31.0 Å². The fourth-order valence-electron chi connectivity index (χ4n) is 2.52. The molecular weight excluding hydrogens is 281 g/mol. The van der Waals surface area contributed by atoms with Crippen LogP contribution in [0.2, 0.25) is 0 Å². The van der Waals surface area contributed by atoms with E-state index in [0.717, 1.165) is 31.9 Å². The molecule has 6 heteroatoms. The molecular formula is C15H19F3N2O. The Bertz CT molecular complexity index is 482. The molecule has 0 unspecified atom stereocenters. The van der Waals surface area contributed by atoms with E-state index in [1.807, 2.05) is 0 Å². The van der Waals surface area contributed by atoms with Crippen molar-refractivity contribution >= 4 is 5.91 Å². The van der Waals surface area contributed by atoms with Crippen molar-refractivity contribution in [3.8, 4) is 0 Å². The average molecular weight is 300 g/mol. The molecule has 0 spiro atoms. The van der Waals surface area contributed by atoms with Crippen LogP contribution in [0.5, 0.6) is 0 Å². The zero-order valence-electron chi connectivity index (χ0n) is 11.7. The Hall–Kier alpha value is -1.56. The Kier molecular flexibility index (Phi) is 5.22. The predicted molar refractivity (Wildman–Crippen MR) is 73.8 cm³/mol. The van der Waals surface area contributed by atoms with Crippen LogP contribution >= 0.6 is 0 Å². The number of benzene rings is 1. The van der Waals surface area contributed by atoms with Gasteiger partial charge in [0.25, 0.3) is 0 Å². The summed E-state index contributed by atoms with van der Waals surface area (Å²) in [7, 11) is 0. The number of hydrogen-bond acceptors (Lipinski definition) is 2. The van der Waals surface area contributed by atoms with Crippen molar-refractivity contribution in [1.29, 1.82) is 0 Å². The fourth-order valence-corrected chi connectivity index (χ4v) is 2.52. The van der Waals surface area contributed by atoms with Crippen molar-refractivity contribution in [2.24, 2.45) is 0 Å². The standard InChI is InChI=1S/C15H19F3N2O/c16-15(17,18)13-7-2-1-5-11(13)9-14(21)20-10-12-6-3-4-8-19-12/h1-2,5,7,12,19H,3-4,6,8-10H2,(H,20,21)/t12-/m1/s1. The van der Waals surface area contributed by atoms with Gasteiger partial charge in [0.1, 0.15) is 0 Å². The van der Waals surface area contributed by atoms with E-state index in [1.54, 1.807) is 0 Å². The zero-order valence-corrected chi connectivity index (χ0v) is 11.7. The lowest BCUT2D eigenvalue weighted by atomic mass is 10.0. The van der Waals surface area contributed by atoms with E-state index in [1.165, 1.54) is 18.2 Å². The summed E-state index contributed by atoms with van der Waals surface area (Å²) >= 11 is 0. The molecule has 3 nitrogen and oxygen atoms in total. The first-order chi connectivity index (χ1) is 9.97. The van der Waals surface area contributed by atoms with Crippen LogP contribution in [-0.4, -0.2) is 25.0 Å². The highest BCUT2D eigenvalue weighted by Gasteiger charge is 2.33. The Balaban J connectivity index is 1.90. The summed E-state index contributed by atoms with van der Waals surface area (Å²) < 4.78 is 38.5. The van der Waals surface area contributed by atoms with Gasteiger partial charge in [-0.2, -0.15) is 13.2 Å². The highest BCUT2D eigenvalue weighted by Crippen LogP contribution is 2.31. The lowest BCUT2D eigenvalue weighted by molar-refractivity contribution is -0.138. The number of hydrogen-bond donors (Lipinski definition) is 2. The molecule has 1 heterocycles. The maximum atomic E-state index is 12.8. The molecule has 0 saturated carbocycles. The van der Waals surface area contributed by atoms with Gasteiger partial charge in [-0.15, -0.1) is 0 Å². The normalized spacial score (nSPS) is 19.3. The minimum absolute atomic E-state index is 0.0131. The van der Waals surface area contributed by atoms with Gasteiger partial charge in [-0.25, -0.2) is 0 Å². The Morgan fingerprint density at radius 2 is 2.05 bits per heavy atom. The fraction of sp³-hybridized carbons (Fsp3) is 0.533. The number of piperidine rings is 1. The number of amides is 1. The molecule has 116 valence electrons. The van der Waals surface area contributed by atoms with Gasteiger partial charge in [-0.1, -0.05) is 24.6 Å². The van der Waals surface area contributed by atoms with Gasteiger partial charge in [-0.3, -0.25) is 4.79 Å². The summed E-state index contributed by atoms with van der Waals surface area (Å²) in [5, 5.41) is 5.99. The van der Waals surface area contributed by atoms with Crippen LogP contribution in [0, 0.1) is 0 Å². The third kappa shape index (κ3) is 4.74. The van der Waals surface area contributed by atoms with E-state index in [-0.39, 0.29) is 23.9 Å². The smallest absolute Gasteiger partial charge is 0.354 e. The SMILES string of the molecule is O=C(Cc1ccccc1C(F)(F)F)NC[C@H]1CCCCN1. The predicted octanol–water partition coefficient (Wildman–Crippen LogP) is 2.51. The van der Waals surface area contributed by atoms with E-state index in [9.17, 15) is 18.0 Å². The molecule has 2 rings (SSSR count). The van der Waals surface area contributed by atoms with Crippen LogP contribution in [0.25, 0.3) is 0 Å². The third-order valence-electron chi connectivity index (χ3n) is 3.63. The van der Waals surface area contributed by atoms with Gasteiger partial charge in [0.05, 0.1) is 12.0 Å². The van der Waals surface area contributed by atoms with Gasteiger partial charge >= 0.3 is 6.18 Å². The molecule has 1 amide bonds. The van der Waals surface area contributed by atoms with E-state index in [4.69, 9.17) is 0 Å². The quantitative estimate of drug-likeness (QED) is 0.897. The summed E-state index contributed by atoms with van der Waals surface area (Å²) in [6, 6.07) is 5.42. The number of halogens is 3. The van der Waals surface area contributed by atoms with Gasteiger partial charge in [0.15, 0.2) is 0 Å². The highest BCUT2D eigenvalue weighted by molar-refractivity contribution is 5.79. The molecule has 1 fully saturated rings. The first kappa shape index (κ1) is 15.8. The lowest BCUT2D eigenvalue weighted by Crippen LogP contribution is -2.43. The Labute approximate surface area is 121 Å². The third-order valence-corrected chi connectivity index (χ3v) is 3.63. The molecule has 1 aromatic rings. The van der Waals surface area contributed by atoms with E-state index in [2.05, 4.69) is 10.6 Å². The summed E-state index contributed by atoms with van der Waals surface area (Å²) in [5.41, 5.74) is -0.727. The molecule has 0 bridgehead atoms. The van der Waals surface area contributed by atoms with Gasteiger partial charge in [0.2, 0.25) is 5.91 Å². The summed E-state index contributed by atoms with van der Waals surface area (Å²) in [5.74, 6) is -0.376. The van der Waals surface area contributed by atoms with Crippen LogP contribution in [0.15, 0.2) is 24.3 Å². The topological polar surface area (TPSA) is 41.1 Å². The van der Waals surface area contributed by atoms with Crippen molar-refractivity contribution < 1.29 is 18.0 Å². The Morgan fingerprint density at radius 1 is 1.29 bits per heavy atom. The molecule has 2 N–H and O–H groups in total. The first-order valence-electron chi connectivity index (χ1n) is 7.12. The number of carbonyl (C=O) groups excluding carboxylic acids is 1. The number of nitrogens with one attached hydrogen (secondary N) is 2. The minimum atomic E-state index is -4.43. The summed E-state index contributed by atoms with van der Waals surface area (Å²) in [6.07, 6.45) is -1.45. The maximum absolute atomic E-state index is 12.8. The maximum Gasteiger partial charge on any atom is 0.416 e. The van der Waals surface area contributed by atoms with Crippen molar-refractivity contribution in [3.05, 3.63) is 35.4 Å². The number of carbonyl (C=O) groups is 1. The molecule has 1 aromatic carbocycles. The second-order valence-electron chi connectivity index (χ2n) is 5.28. The van der Waals surface area contributed by atoms with Crippen molar-refractivity contribution in [1.82, 2.24) is 10.6 Å². The minimum Gasteiger partial charge on any atom is -0.354 e. The largest absolute Gasteiger partial charge is 0.416 e. The first-order valence-corrected chi connectivity index (χ1v) is 7.12. The van der Waals surface area contributed by atoms with Crippen LogP contribution < -0.4 is 10.6 Å².